The van der Waals surface area contributed by atoms with Crippen molar-refractivity contribution in [2.24, 2.45) is 0 Å². The average Bonchev–Trinajstić information content (AvgIpc) is 2.36. The number of rotatable bonds is 4. The second kappa shape index (κ2) is 6.45. The Morgan fingerprint density at radius 3 is 2.76 bits per heavy atom. The van der Waals surface area contributed by atoms with Gasteiger partial charge in [0.05, 0.1) is 5.56 Å². The number of aromatic carboxylic acids is 1. The zero-order valence-corrected chi connectivity index (χ0v) is 13.1. The van der Waals surface area contributed by atoms with E-state index in [-0.39, 0.29) is 11.3 Å². The Hall–Kier alpha value is -1.59. The van der Waals surface area contributed by atoms with E-state index in [9.17, 15) is 14.3 Å². The first-order valence-corrected chi connectivity index (χ1v) is 7.53. The summed E-state index contributed by atoms with van der Waals surface area (Å²) in [7, 11) is 0. The second-order valence-corrected chi connectivity index (χ2v) is 5.93. The maximum absolute atomic E-state index is 13.7. The maximum Gasteiger partial charge on any atom is 0.338 e. The van der Waals surface area contributed by atoms with Gasteiger partial charge in [-0.1, -0.05) is 17.7 Å². The molecule has 0 amide bonds. The molecule has 21 heavy (non-hydrogen) atoms. The van der Waals surface area contributed by atoms with Crippen LogP contribution < -0.4 is 0 Å². The molecule has 0 fully saturated rings. The second-order valence-electron chi connectivity index (χ2n) is 4.55. The van der Waals surface area contributed by atoms with E-state index in [4.69, 9.17) is 11.6 Å². The van der Waals surface area contributed by atoms with Crippen molar-refractivity contribution < 1.29 is 14.3 Å². The highest BCUT2D eigenvalue weighted by Crippen LogP contribution is 2.30. The third-order valence-corrected chi connectivity index (χ3v) is 4.30. The normalized spacial score (nSPS) is 10.7. The Morgan fingerprint density at radius 1 is 1.43 bits per heavy atom. The zero-order chi connectivity index (χ0) is 15.6. The summed E-state index contributed by atoms with van der Waals surface area (Å²) in [5.74, 6) is -1.22. The van der Waals surface area contributed by atoms with Gasteiger partial charge in [-0.15, -0.1) is 11.8 Å². The molecule has 6 heteroatoms. The minimum Gasteiger partial charge on any atom is -0.478 e. The minimum absolute atomic E-state index is 0.151. The van der Waals surface area contributed by atoms with Gasteiger partial charge in [-0.25, -0.2) is 14.2 Å². The van der Waals surface area contributed by atoms with Crippen LogP contribution in [0.1, 0.15) is 27.2 Å². The van der Waals surface area contributed by atoms with Crippen molar-refractivity contribution in [1.82, 2.24) is 4.98 Å². The van der Waals surface area contributed by atoms with Crippen LogP contribution in [-0.2, 0) is 5.75 Å². The molecule has 1 N–H and O–H groups in total. The van der Waals surface area contributed by atoms with Crippen molar-refractivity contribution in [2.45, 2.75) is 24.6 Å². The summed E-state index contributed by atoms with van der Waals surface area (Å²) in [6.45, 7) is 3.51. The summed E-state index contributed by atoms with van der Waals surface area (Å²) < 4.78 is 13.7. The van der Waals surface area contributed by atoms with Gasteiger partial charge in [0.1, 0.15) is 10.8 Å². The van der Waals surface area contributed by atoms with Gasteiger partial charge in [0, 0.05) is 22.0 Å². The van der Waals surface area contributed by atoms with Crippen LogP contribution in [-0.4, -0.2) is 16.1 Å². The van der Waals surface area contributed by atoms with Gasteiger partial charge in [-0.05, 0) is 37.6 Å². The molecule has 0 aliphatic heterocycles. The molecule has 2 aromatic rings. The fraction of sp³-hybridized carbons (Fsp3) is 0.200. The number of pyridine rings is 1. The van der Waals surface area contributed by atoms with Crippen molar-refractivity contribution in [1.29, 1.82) is 0 Å². The third kappa shape index (κ3) is 3.54. The van der Waals surface area contributed by atoms with Crippen LogP contribution in [0.2, 0.25) is 5.02 Å². The Kier molecular flexibility index (Phi) is 4.85. The molecule has 0 saturated heterocycles. The molecule has 0 bridgehead atoms. The van der Waals surface area contributed by atoms with Crippen molar-refractivity contribution in [3.63, 3.8) is 0 Å². The number of carboxylic acids is 1. The lowest BCUT2D eigenvalue weighted by molar-refractivity contribution is 0.0691. The first-order valence-electron chi connectivity index (χ1n) is 6.17. The zero-order valence-electron chi connectivity index (χ0n) is 11.5. The predicted octanol–water partition coefficient (Wildman–Crippen LogP) is 4.48. The first-order chi connectivity index (χ1) is 9.90. The van der Waals surface area contributed by atoms with Crippen LogP contribution in [0.5, 0.6) is 0 Å². The molecule has 0 unspecified atom stereocenters. The molecule has 1 heterocycles. The minimum atomic E-state index is -1.04. The highest BCUT2D eigenvalue weighted by molar-refractivity contribution is 7.98. The molecule has 0 spiro atoms. The largest absolute Gasteiger partial charge is 0.478 e. The van der Waals surface area contributed by atoms with E-state index in [1.54, 1.807) is 26.0 Å². The fourth-order valence-corrected chi connectivity index (χ4v) is 3.46. The van der Waals surface area contributed by atoms with Crippen molar-refractivity contribution in [3.05, 3.63) is 57.5 Å². The van der Waals surface area contributed by atoms with E-state index in [0.29, 0.717) is 21.2 Å². The van der Waals surface area contributed by atoms with Crippen LogP contribution in [0.4, 0.5) is 4.39 Å². The van der Waals surface area contributed by atoms with Gasteiger partial charge in [0.2, 0.25) is 0 Å². The molecule has 1 aromatic heterocycles. The van der Waals surface area contributed by atoms with Gasteiger partial charge < -0.3 is 5.11 Å². The van der Waals surface area contributed by atoms with Crippen LogP contribution in [0, 0.1) is 19.7 Å². The lowest BCUT2D eigenvalue weighted by atomic mass is 10.1. The number of aryl methyl sites for hydroxylation is 2. The van der Waals surface area contributed by atoms with Crippen molar-refractivity contribution in [2.75, 3.05) is 0 Å². The van der Waals surface area contributed by atoms with Gasteiger partial charge in [0.25, 0.3) is 0 Å². The van der Waals surface area contributed by atoms with Crippen LogP contribution in [0.15, 0.2) is 29.3 Å². The number of nitrogens with zero attached hydrogens (tertiary/aromatic N) is 1. The lowest BCUT2D eigenvalue weighted by Gasteiger charge is -2.10. The number of halogens is 2. The summed E-state index contributed by atoms with van der Waals surface area (Å²) in [4.78, 5) is 15.6. The summed E-state index contributed by atoms with van der Waals surface area (Å²) in [5.41, 5.74) is 1.86. The Bertz CT molecular complexity index is 686. The lowest BCUT2D eigenvalue weighted by Crippen LogP contribution is -2.05. The molecule has 0 atom stereocenters. The smallest absolute Gasteiger partial charge is 0.338 e. The average molecular weight is 326 g/mol. The van der Waals surface area contributed by atoms with E-state index >= 15 is 0 Å². The number of carbonyl (C=O) groups is 1. The van der Waals surface area contributed by atoms with Gasteiger partial charge in [-0.3, -0.25) is 0 Å². The quantitative estimate of drug-likeness (QED) is 0.842. The van der Waals surface area contributed by atoms with Gasteiger partial charge >= 0.3 is 5.97 Å². The standard InChI is InChI=1S/C15H13ClFNO2S/c1-8-6-9(2)18-14(13(8)15(19)20)21-7-10-11(16)4-3-5-12(10)17/h3-6H,7H2,1-2H3,(H,19,20). The van der Waals surface area contributed by atoms with Crippen molar-refractivity contribution in [3.8, 4) is 0 Å². The highest BCUT2D eigenvalue weighted by atomic mass is 35.5. The van der Waals surface area contributed by atoms with E-state index in [0.717, 1.165) is 5.69 Å². The topological polar surface area (TPSA) is 50.2 Å². The van der Waals surface area contributed by atoms with Crippen molar-refractivity contribution >= 4 is 29.3 Å². The molecule has 2 rings (SSSR count). The number of aromatic nitrogens is 1. The van der Waals surface area contributed by atoms with Gasteiger partial charge in [0.15, 0.2) is 0 Å². The molecular formula is C15H13ClFNO2S. The van der Waals surface area contributed by atoms with Crippen LogP contribution in [0.3, 0.4) is 0 Å². The molecule has 3 nitrogen and oxygen atoms in total. The Labute approximate surface area is 131 Å². The van der Waals surface area contributed by atoms with E-state index in [1.807, 2.05) is 0 Å². The molecule has 0 aliphatic carbocycles. The van der Waals surface area contributed by atoms with E-state index < -0.39 is 11.8 Å². The fourth-order valence-electron chi connectivity index (χ4n) is 1.98. The Morgan fingerprint density at radius 2 is 2.14 bits per heavy atom. The summed E-state index contributed by atoms with van der Waals surface area (Å²) in [6, 6.07) is 6.18. The molecular weight excluding hydrogens is 313 g/mol. The first kappa shape index (κ1) is 15.8. The van der Waals surface area contributed by atoms with E-state index in [1.165, 1.54) is 23.9 Å². The molecule has 0 saturated carbocycles. The Balaban J connectivity index is 2.34. The molecule has 0 aliphatic rings. The SMILES string of the molecule is Cc1cc(C)c(C(=O)O)c(SCc2c(F)cccc2Cl)n1. The third-order valence-electron chi connectivity index (χ3n) is 2.94. The predicted molar refractivity (Wildman–Crippen MR) is 81.6 cm³/mol. The highest BCUT2D eigenvalue weighted by Gasteiger charge is 2.17. The van der Waals surface area contributed by atoms with Crippen LogP contribution in [0.25, 0.3) is 0 Å². The maximum atomic E-state index is 13.7. The summed E-state index contributed by atoms with van der Waals surface area (Å²) in [6.07, 6.45) is 0. The monoisotopic (exact) mass is 325 g/mol. The molecule has 110 valence electrons. The molecule has 0 radical (unpaired) electrons. The number of thioether (sulfide) groups is 1. The number of carboxylic acid groups (broad SMARTS) is 1. The van der Waals surface area contributed by atoms with Gasteiger partial charge in [-0.2, -0.15) is 0 Å². The van der Waals surface area contributed by atoms with E-state index in [2.05, 4.69) is 4.98 Å². The molecule has 1 aromatic carbocycles. The summed E-state index contributed by atoms with van der Waals surface area (Å²) in [5, 5.41) is 9.99. The number of hydrogen-bond acceptors (Lipinski definition) is 3. The van der Waals surface area contributed by atoms with Crippen LogP contribution >= 0.6 is 23.4 Å². The number of benzene rings is 1. The summed E-state index contributed by atoms with van der Waals surface area (Å²) >= 11 is 7.14. The number of hydrogen-bond donors (Lipinski definition) is 1.